The first-order valence-corrected chi connectivity index (χ1v) is 8.48. The normalized spacial score (nSPS) is 31.5. The van der Waals surface area contributed by atoms with Crippen LogP contribution >= 0.6 is 0 Å². The van der Waals surface area contributed by atoms with Crippen molar-refractivity contribution < 1.29 is 14.6 Å². The molecule has 3 heteroatoms. The van der Waals surface area contributed by atoms with E-state index < -0.39 is 0 Å². The molecule has 4 rings (SSSR count). The minimum absolute atomic E-state index is 0.0515. The maximum absolute atomic E-state index is 9.95. The van der Waals surface area contributed by atoms with Gasteiger partial charge in [-0.05, 0) is 42.6 Å². The van der Waals surface area contributed by atoms with E-state index in [2.05, 4.69) is 13.8 Å². The van der Waals surface area contributed by atoms with Crippen LogP contribution in [0.2, 0.25) is 0 Å². The van der Waals surface area contributed by atoms with Gasteiger partial charge in [0.15, 0.2) is 11.5 Å². The van der Waals surface area contributed by atoms with Crippen molar-refractivity contribution in [2.45, 2.75) is 57.8 Å². The zero-order valence-electron chi connectivity index (χ0n) is 13.4. The first kappa shape index (κ1) is 14.0. The molecule has 1 fully saturated rings. The zero-order chi connectivity index (χ0) is 15.5. The second-order valence-electron chi connectivity index (χ2n) is 7.52. The summed E-state index contributed by atoms with van der Waals surface area (Å²) in [6, 6.07) is 3.25. The molecule has 2 aliphatic carbocycles. The van der Waals surface area contributed by atoms with Crippen LogP contribution in [0.1, 0.15) is 57.3 Å². The summed E-state index contributed by atoms with van der Waals surface area (Å²) in [6.07, 6.45) is 7.14. The van der Waals surface area contributed by atoms with Crippen LogP contribution in [0.5, 0.6) is 11.5 Å². The molecule has 3 atom stereocenters. The van der Waals surface area contributed by atoms with E-state index >= 15 is 0 Å². The Balaban J connectivity index is 1.99. The Morgan fingerprint density at radius 3 is 2.73 bits per heavy atom. The van der Waals surface area contributed by atoms with Gasteiger partial charge in [-0.25, -0.2) is 0 Å². The molecule has 1 saturated carbocycles. The van der Waals surface area contributed by atoms with Gasteiger partial charge in [0.25, 0.3) is 0 Å². The number of hydrogen-bond donors (Lipinski definition) is 2. The Kier molecular flexibility index (Phi) is 2.97. The minimum Gasteiger partial charge on any atom is -0.504 e. The van der Waals surface area contributed by atoms with Gasteiger partial charge < -0.3 is 14.6 Å². The average molecular weight is 300 g/mol. The van der Waals surface area contributed by atoms with Crippen LogP contribution in [0.25, 0.3) is 11.0 Å². The molecule has 1 heterocycles. The Bertz CT molecular complexity index is 730. The number of rotatable bonds is 0. The summed E-state index contributed by atoms with van der Waals surface area (Å²) in [6.45, 7) is 4.77. The second-order valence-corrected chi connectivity index (χ2v) is 7.52. The van der Waals surface area contributed by atoms with Crippen molar-refractivity contribution in [2.24, 2.45) is 11.8 Å². The molecule has 0 spiro atoms. The summed E-state index contributed by atoms with van der Waals surface area (Å²) < 4.78 is 6.08. The van der Waals surface area contributed by atoms with Gasteiger partial charge in [-0.15, -0.1) is 0 Å². The number of aryl methyl sites for hydroxylation is 1. The molecule has 0 saturated heterocycles. The Hall–Kier alpha value is -1.64. The molecule has 22 heavy (non-hydrogen) atoms. The maximum atomic E-state index is 9.95. The van der Waals surface area contributed by atoms with Crippen LogP contribution < -0.4 is 0 Å². The van der Waals surface area contributed by atoms with Gasteiger partial charge in [0.2, 0.25) is 0 Å². The number of aromatic hydroxyl groups is 2. The van der Waals surface area contributed by atoms with E-state index in [-0.39, 0.29) is 16.9 Å². The first-order valence-electron chi connectivity index (χ1n) is 8.48. The van der Waals surface area contributed by atoms with Crippen LogP contribution in [-0.4, -0.2) is 10.2 Å². The van der Waals surface area contributed by atoms with Crippen LogP contribution in [0.15, 0.2) is 16.5 Å². The van der Waals surface area contributed by atoms with Gasteiger partial charge in [0.05, 0.1) is 0 Å². The quantitative estimate of drug-likeness (QED) is 0.682. The van der Waals surface area contributed by atoms with Gasteiger partial charge in [-0.1, -0.05) is 26.7 Å². The lowest BCUT2D eigenvalue weighted by Crippen LogP contribution is -2.39. The van der Waals surface area contributed by atoms with Crippen LogP contribution in [0.3, 0.4) is 0 Å². The van der Waals surface area contributed by atoms with Crippen LogP contribution in [0, 0.1) is 11.8 Å². The lowest BCUT2D eigenvalue weighted by atomic mass is 9.59. The van der Waals surface area contributed by atoms with Crippen molar-refractivity contribution in [2.75, 3.05) is 0 Å². The molecule has 1 aromatic heterocycles. The van der Waals surface area contributed by atoms with E-state index in [1.807, 2.05) is 0 Å². The molecule has 3 unspecified atom stereocenters. The van der Waals surface area contributed by atoms with E-state index in [0.29, 0.717) is 11.5 Å². The standard InChI is InChI=1S/C19H24O3/c1-11-5-4-8-19(2)13(11)6-3-7-16-18(19)12-9-14(20)15(21)10-17(12)22-16/h9-11,13,20-21H,3-8H2,1-2H3. The van der Waals surface area contributed by atoms with Crippen molar-refractivity contribution in [3.63, 3.8) is 0 Å². The average Bonchev–Trinajstić information content (AvgIpc) is 2.73. The Morgan fingerprint density at radius 1 is 1.14 bits per heavy atom. The molecule has 0 amide bonds. The van der Waals surface area contributed by atoms with Crippen LogP contribution in [0.4, 0.5) is 0 Å². The molecule has 3 nitrogen and oxygen atoms in total. The summed E-state index contributed by atoms with van der Waals surface area (Å²) >= 11 is 0. The van der Waals surface area contributed by atoms with E-state index in [0.717, 1.165) is 29.9 Å². The molecule has 0 bridgehead atoms. The lowest BCUT2D eigenvalue weighted by molar-refractivity contribution is 0.132. The zero-order valence-corrected chi connectivity index (χ0v) is 13.4. The number of furan rings is 1. The van der Waals surface area contributed by atoms with Gasteiger partial charge in [-0.3, -0.25) is 0 Å². The van der Waals surface area contributed by atoms with Gasteiger partial charge in [0.1, 0.15) is 11.3 Å². The molecular weight excluding hydrogens is 276 g/mol. The van der Waals surface area contributed by atoms with Gasteiger partial charge >= 0.3 is 0 Å². The van der Waals surface area contributed by atoms with Crippen molar-refractivity contribution in [3.8, 4) is 11.5 Å². The summed E-state index contributed by atoms with van der Waals surface area (Å²) in [5, 5.41) is 20.7. The number of phenolic OH excluding ortho intramolecular Hbond substituents is 2. The monoisotopic (exact) mass is 300 g/mol. The Labute approximate surface area is 130 Å². The highest BCUT2D eigenvalue weighted by Crippen LogP contribution is 2.54. The largest absolute Gasteiger partial charge is 0.504 e. The molecule has 0 radical (unpaired) electrons. The molecule has 1 aromatic carbocycles. The summed E-state index contributed by atoms with van der Waals surface area (Å²) in [5.74, 6) is 2.33. The Morgan fingerprint density at radius 2 is 1.91 bits per heavy atom. The van der Waals surface area contributed by atoms with E-state index in [4.69, 9.17) is 4.42 Å². The van der Waals surface area contributed by atoms with E-state index in [9.17, 15) is 10.2 Å². The second kappa shape index (κ2) is 4.68. The SMILES string of the molecule is CC1CCCC2(C)c3c(oc4cc(O)c(O)cc34)CCCC12. The fourth-order valence-corrected chi connectivity index (χ4v) is 5.18. The molecule has 2 aliphatic rings. The molecule has 118 valence electrons. The lowest BCUT2D eigenvalue weighted by Gasteiger charge is -2.45. The van der Waals surface area contributed by atoms with Crippen molar-refractivity contribution in [1.29, 1.82) is 0 Å². The minimum atomic E-state index is -0.102. The highest BCUT2D eigenvalue weighted by molar-refractivity contribution is 5.87. The smallest absolute Gasteiger partial charge is 0.161 e. The fourth-order valence-electron chi connectivity index (χ4n) is 5.18. The molecule has 2 N–H and O–H groups in total. The summed E-state index contributed by atoms with van der Waals surface area (Å²) in [7, 11) is 0. The van der Waals surface area contributed by atoms with Gasteiger partial charge in [-0.2, -0.15) is 0 Å². The molecule has 0 aliphatic heterocycles. The third kappa shape index (κ3) is 1.81. The highest BCUT2D eigenvalue weighted by atomic mass is 16.3. The summed E-state index contributed by atoms with van der Waals surface area (Å²) in [4.78, 5) is 0. The predicted octanol–water partition coefficient (Wildman–Crippen LogP) is 4.87. The van der Waals surface area contributed by atoms with E-state index in [1.165, 1.54) is 31.2 Å². The highest BCUT2D eigenvalue weighted by Gasteiger charge is 2.46. The third-order valence-corrected chi connectivity index (χ3v) is 6.21. The molecule has 2 aromatic rings. The molecular formula is C19H24O3. The number of phenols is 2. The van der Waals surface area contributed by atoms with Crippen molar-refractivity contribution in [1.82, 2.24) is 0 Å². The van der Waals surface area contributed by atoms with E-state index in [1.54, 1.807) is 12.1 Å². The third-order valence-electron chi connectivity index (χ3n) is 6.21. The topological polar surface area (TPSA) is 53.6 Å². The van der Waals surface area contributed by atoms with Crippen LogP contribution in [-0.2, 0) is 11.8 Å². The first-order chi connectivity index (χ1) is 10.5. The summed E-state index contributed by atoms with van der Waals surface area (Å²) in [5.41, 5.74) is 2.13. The number of hydrogen-bond acceptors (Lipinski definition) is 3. The van der Waals surface area contributed by atoms with Crippen molar-refractivity contribution in [3.05, 3.63) is 23.5 Å². The van der Waals surface area contributed by atoms with Crippen molar-refractivity contribution >= 4 is 11.0 Å². The number of fused-ring (bicyclic) bond motifs is 5. The maximum Gasteiger partial charge on any atom is 0.161 e. The number of benzene rings is 1. The van der Waals surface area contributed by atoms with Gasteiger partial charge in [0, 0.05) is 23.4 Å². The predicted molar refractivity (Wildman–Crippen MR) is 86.3 cm³/mol. The fraction of sp³-hybridized carbons (Fsp3) is 0.579.